The summed E-state index contributed by atoms with van der Waals surface area (Å²) in [5, 5.41) is 57.2. The molecule has 11 heteroatoms. The van der Waals surface area contributed by atoms with Crippen LogP contribution >= 0.6 is 0 Å². The van der Waals surface area contributed by atoms with Crippen LogP contribution in [0.25, 0.3) is 0 Å². The van der Waals surface area contributed by atoms with Gasteiger partial charge in [0.25, 0.3) is 0 Å². The average molecular weight is 1180 g/mol. The van der Waals surface area contributed by atoms with E-state index >= 15 is 0 Å². The fourth-order valence-electron chi connectivity index (χ4n) is 11.0. The monoisotopic (exact) mass is 1180 g/mol. The van der Waals surface area contributed by atoms with Crippen molar-refractivity contribution in [2.45, 2.75) is 378 Å². The quantitative estimate of drug-likeness (QED) is 0.0195. The number of hydrogen-bond donors (Lipinski definition) is 6. The molecule has 1 fully saturated rings. The lowest BCUT2D eigenvalue weighted by Gasteiger charge is -2.41. The molecule has 1 saturated heterocycles. The first-order valence-corrected chi connectivity index (χ1v) is 35.6. The van der Waals surface area contributed by atoms with Gasteiger partial charge in [0.2, 0.25) is 5.91 Å². The Labute approximate surface area is 516 Å². The normalized spacial score (nSPS) is 18.8. The minimum absolute atomic E-state index is 0.123. The number of hydrogen-bond acceptors (Lipinski definition) is 10. The summed E-state index contributed by atoms with van der Waals surface area (Å²) in [6.07, 6.45) is 66.8. The van der Waals surface area contributed by atoms with Crippen molar-refractivity contribution in [3.63, 3.8) is 0 Å². The van der Waals surface area contributed by atoms with E-state index in [4.69, 9.17) is 14.2 Å². The molecule has 11 nitrogen and oxygen atoms in total. The third kappa shape index (κ3) is 47.4. The van der Waals surface area contributed by atoms with E-state index < -0.39 is 67.4 Å². The van der Waals surface area contributed by atoms with Gasteiger partial charge in [-0.3, -0.25) is 9.59 Å². The lowest BCUT2D eigenvalue weighted by atomic mass is 9.99. The Kier molecular flexibility index (Phi) is 57.3. The van der Waals surface area contributed by atoms with Crippen molar-refractivity contribution < 1.29 is 49.3 Å². The third-order valence-electron chi connectivity index (χ3n) is 16.6. The summed E-state index contributed by atoms with van der Waals surface area (Å²) in [4.78, 5) is 26.7. The highest BCUT2D eigenvalue weighted by atomic mass is 16.7. The SMILES string of the molecule is CCCCC/C=C\C/C=C\CCCCCCCCCCCCCCCC(=O)OC1C(OCC(NC(=O)C(O)CCCCCCCCCCCC/C=C\C/C=C\CCCCC)C(O)/C=C/CCCCCCCCCCCC)OC(CO)C(O)C1O. The Morgan fingerprint density at radius 1 is 0.464 bits per heavy atom. The molecule has 8 unspecified atom stereocenters. The van der Waals surface area contributed by atoms with E-state index in [1.165, 1.54) is 205 Å². The topological polar surface area (TPSA) is 175 Å². The van der Waals surface area contributed by atoms with Crippen molar-refractivity contribution in [3.05, 3.63) is 60.8 Å². The van der Waals surface area contributed by atoms with Gasteiger partial charge in [0, 0.05) is 6.42 Å². The Bertz CT molecular complexity index is 1600. The highest BCUT2D eigenvalue weighted by molar-refractivity contribution is 5.80. The second-order valence-corrected chi connectivity index (χ2v) is 24.6. The number of esters is 1. The maximum absolute atomic E-state index is 13.5. The Morgan fingerprint density at radius 3 is 1.24 bits per heavy atom. The molecule has 8 atom stereocenters. The number of amides is 1. The molecule has 1 heterocycles. The van der Waals surface area contributed by atoms with Gasteiger partial charge in [-0.2, -0.15) is 0 Å². The van der Waals surface area contributed by atoms with Crippen molar-refractivity contribution in [3.8, 4) is 0 Å². The zero-order valence-corrected chi connectivity index (χ0v) is 54.5. The maximum Gasteiger partial charge on any atom is 0.306 e. The molecule has 0 radical (unpaired) electrons. The molecule has 0 aromatic rings. The molecule has 1 aliphatic heterocycles. The second-order valence-electron chi connectivity index (χ2n) is 24.6. The summed E-state index contributed by atoms with van der Waals surface area (Å²) < 4.78 is 17.7. The van der Waals surface area contributed by atoms with Gasteiger partial charge in [0.05, 0.1) is 25.4 Å². The van der Waals surface area contributed by atoms with Gasteiger partial charge < -0.3 is 45.1 Å². The van der Waals surface area contributed by atoms with E-state index in [-0.39, 0.29) is 19.4 Å². The minimum atomic E-state index is -1.62. The van der Waals surface area contributed by atoms with E-state index in [9.17, 15) is 35.1 Å². The highest BCUT2D eigenvalue weighted by Crippen LogP contribution is 2.26. The van der Waals surface area contributed by atoms with Crippen LogP contribution in [0.3, 0.4) is 0 Å². The predicted molar refractivity (Wildman–Crippen MR) is 352 cm³/mol. The van der Waals surface area contributed by atoms with E-state index in [0.29, 0.717) is 12.8 Å². The minimum Gasteiger partial charge on any atom is -0.454 e. The molecular weight excluding hydrogens is 1050 g/mol. The van der Waals surface area contributed by atoms with Crippen molar-refractivity contribution in [2.75, 3.05) is 13.2 Å². The second kappa shape index (κ2) is 60.6. The number of carbonyl (C=O) groups is 2. The van der Waals surface area contributed by atoms with Crippen LogP contribution in [0.4, 0.5) is 0 Å². The lowest BCUT2D eigenvalue weighted by molar-refractivity contribution is -0.305. The van der Waals surface area contributed by atoms with Crippen LogP contribution in [0.2, 0.25) is 0 Å². The Morgan fingerprint density at radius 2 is 0.821 bits per heavy atom. The zero-order valence-electron chi connectivity index (χ0n) is 54.5. The van der Waals surface area contributed by atoms with Crippen LogP contribution < -0.4 is 5.32 Å². The molecule has 6 N–H and O–H groups in total. The molecule has 0 aromatic carbocycles. The number of aliphatic hydroxyl groups excluding tert-OH is 5. The van der Waals surface area contributed by atoms with Gasteiger partial charge in [-0.1, -0.05) is 293 Å². The smallest absolute Gasteiger partial charge is 0.306 e. The van der Waals surface area contributed by atoms with Crippen molar-refractivity contribution >= 4 is 11.9 Å². The lowest BCUT2D eigenvalue weighted by Crippen LogP contribution is -2.61. The number of carbonyl (C=O) groups excluding carboxylic acids is 2. The standard InChI is InChI=1S/C73H133NO10/c1-4-7-10-13-16-19-22-25-27-29-31-33-34-35-37-39-41-43-46-49-52-55-58-61-68(78)84-71-70(80)69(79)67(62-75)83-73(71)82-63-64(65(76)59-56-53-50-47-44-24-21-18-15-12-9-6-3)74-72(81)66(77)60-57-54-51-48-45-42-40-38-36-32-30-28-26-23-20-17-14-11-8-5-2/h16-17,19-20,25-28,56,59,64-67,69-71,73,75-77,79-80H,4-15,18,21-24,29-55,57-58,60-63H2,1-3H3,(H,74,81)/b19-16-,20-17-,27-25-,28-26-,59-56+. The summed E-state index contributed by atoms with van der Waals surface area (Å²) in [6, 6.07) is -1.03. The molecule has 0 aliphatic carbocycles. The van der Waals surface area contributed by atoms with Gasteiger partial charge in [-0.25, -0.2) is 0 Å². The third-order valence-corrected chi connectivity index (χ3v) is 16.6. The number of ether oxygens (including phenoxy) is 3. The zero-order chi connectivity index (χ0) is 61.0. The molecule has 0 bridgehead atoms. The molecule has 0 aromatic heterocycles. The number of unbranched alkanes of at least 4 members (excludes halogenated alkanes) is 39. The molecule has 0 saturated carbocycles. The number of aliphatic hydroxyl groups is 5. The van der Waals surface area contributed by atoms with Crippen molar-refractivity contribution in [1.82, 2.24) is 5.32 Å². The number of nitrogens with one attached hydrogen (secondary N) is 1. The summed E-state index contributed by atoms with van der Waals surface area (Å²) in [7, 11) is 0. The van der Waals surface area contributed by atoms with Crippen LogP contribution in [0.5, 0.6) is 0 Å². The van der Waals surface area contributed by atoms with Crippen LogP contribution in [-0.2, 0) is 23.8 Å². The summed E-state index contributed by atoms with van der Waals surface area (Å²) in [6.45, 7) is 5.78. The van der Waals surface area contributed by atoms with Gasteiger partial charge in [-0.05, 0) is 89.9 Å². The van der Waals surface area contributed by atoms with Crippen molar-refractivity contribution in [1.29, 1.82) is 0 Å². The molecule has 84 heavy (non-hydrogen) atoms. The first-order chi connectivity index (χ1) is 41.2. The van der Waals surface area contributed by atoms with E-state index in [2.05, 4.69) is 74.7 Å². The molecule has 1 amide bonds. The van der Waals surface area contributed by atoms with Gasteiger partial charge >= 0.3 is 5.97 Å². The highest BCUT2D eigenvalue weighted by Gasteiger charge is 2.47. The van der Waals surface area contributed by atoms with Crippen molar-refractivity contribution in [2.24, 2.45) is 0 Å². The summed E-state index contributed by atoms with van der Waals surface area (Å²) >= 11 is 0. The Balaban J connectivity index is 2.57. The maximum atomic E-state index is 13.5. The fraction of sp³-hybridized carbons (Fsp3) is 0.836. The summed E-state index contributed by atoms with van der Waals surface area (Å²) in [5.41, 5.74) is 0. The molecule has 1 rings (SSSR count). The molecule has 0 spiro atoms. The number of allylic oxidation sites excluding steroid dienone is 9. The van der Waals surface area contributed by atoms with E-state index in [1.54, 1.807) is 6.08 Å². The number of rotatable bonds is 61. The first kappa shape index (κ1) is 79.4. The van der Waals surface area contributed by atoms with Crippen LogP contribution in [0.1, 0.15) is 329 Å². The molecule has 490 valence electrons. The Hall–Kier alpha value is -2.64. The van der Waals surface area contributed by atoms with Crippen LogP contribution in [0, 0.1) is 0 Å². The van der Waals surface area contributed by atoms with Crippen LogP contribution in [-0.4, -0.2) is 99.6 Å². The van der Waals surface area contributed by atoms with Gasteiger partial charge in [0.1, 0.15) is 24.4 Å². The van der Waals surface area contributed by atoms with Gasteiger partial charge in [-0.15, -0.1) is 0 Å². The van der Waals surface area contributed by atoms with E-state index in [1.807, 2.05) is 6.08 Å². The van der Waals surface area contributed by atoms with Crippen LogP contribution in [0.15, 0.2) is 60.8 Å². The average Bonchev–Trinajstić information content (AvgIpc) is 3.65. The predicted octanol–water partition coefficient (Wildman–Crippen LogP) is 18.1. The fourth-order valence-corrected chi connectivity index (χ4v) is 11.0. The first-order valence-electron chi connectivity index (χ1n) is 35.6. The summed E-state index contributed by atoms with van der Waals surface area (Å²) in [5.74, 6) is -1.19. The van der Waals surface area contributed by atoms with E-state index in [0.717, 1.165) is 77.0 Å². The largest absolute Gasteiger partial charge is 0.454 e. The van der Waals surface area contributed by atoms with Gasteiger partial charge in [0.15, 0.2) is 12.4 Å². The molecule has 1 aliphatic rings. The molecular formula is C73H133NO10.